The van der Waals surface area contributed by atoms with Gasteiger partial charge in [-0.2, -0.15) is 21.5 Å². The summed E-state index contributed by atoms with van der Waals surface area (Å²) in [5, 5.41) is 5.41. The smallest absolute Gasteiger partial charge is 0.313 e. The number of aliphatic imine (C=N–C) groups is 1. The van der Waals surface area contributed by atoms with Gasteiger partial charge in [0.25, 0.3) is 0 Å². The summed E-state index contributed by atoms with van der Waals surface area (Å²) in [7, 11) is -9.48. The Morgan fingerprint density at radius 2 is 1.13 bits per heavy atom. The van der Waals surface area contributed by atoms with Gasteiger partial charge in [-0.1, -0.05) is 31.2 Å². The number of hydrogen-bond acceptors (Lipinski definition) is 21. The number of carbonyl (C=O) groups excluding carboxylic acids is 4. The lowest BCUT2D eigenvalue weighted by atomic mass is 10.0. The molecule has 0 aliphatic carbocycles. The maximum absolute atomic E-state index is 14.0. The normalized spacial score (nSPS) is 13.6. The van der Waals surface area contributed by atoms with Gasteiger partial charge < -0.3 is 79.1 Å². The molecule has 91 heavy (non-hydrogen) atoms. The Morgan fingerprint density at radius 1 is 0.648 bits per heavy atom. The number of carbonyl (C=O) groups is 4. The Labute approximate surface area is 526 Å². The third kappa shape index (κ3) is 26.7. The van der Waals surface area contributed by atoms with E-state index in [0.717, 1.165) is 12.0 Å². The van der Waals surface area contributed by atoms with E-state index in [1.807, 2.05) is 31.2 Å². The van der Waals surface area contributed by atoms with Crippen molar-refractivity contribution in [1.82, 2.24) is 19.8 Å². The van der Waals surface area contributed by atoms with Crippen molar-refractivity contribution in [1.29, 1.82) is 0 Å². The average Bonchev–Trinajstić information content (AvgIpc) is 1.03. The molecule has 3 aromatic carbocycles. The van der Waals surface area contributed by atoms with Crippen LogP contribution in [0.1, 0.15) is 44.6 Å². The summed E-state index contributed by atoms with van der Waals surface area (Å²) in [6.07, 6.45) is 2.76. The van der Waals surface area contributed by atoms with Crippen LogP contribution < -0.4 is 26.8 Å². The minimum absolute atomic E-state index is 0.00884. The molecule has 2 aliphatic rings. The predicted molar refractivity (Wildman–Crippen MR) is 319 cm³/mol. The number of halogens is 4. The number of benzene rings is 3. The number of esters is 1. The van der Waals surface area contributed by atoms with Gasteiger partial charge in [-0.25, -0.2) is 27.0 Å². The summed E-state index contributed by atoms with van der Waals surface area (Å²) in [5.41, 5.74) is 14.6. The molecule has 33 heteroatoms. The molecule has 3 aromatic rings. The van der Waals surface area contributed by atoms with E-state index in [0.29, 0.717) is 147 Å². The molecular weight excluding hydrogens is 1250 g/mol. The van der Waals surface area contributed by atoms with Crippen LogP contribution in [-0.2, 0) is 81.9 Å². The van der Waals surface area contributed by atoms with Gasteiger partial charge in [-0.05, 0) is 48.2 Å². The number of amides is 4. The van der Waals surface area contributed by atoms with Gasteiger partial charge >= 0.3 is 22.1 Å². The first-order chi connectivity index (χ1) is 43.7. The number of nitrogens with zero attached hydrogens (tertiary/aromatic N) is 3. The lowest BCUT2D eigenvalue weighted by molar-refractivity contribution is -0.136. The highest BCUT2D eigenvalue weighted by Crippen LogP contribution is 2.35. The van der Waals surface area contributed by atoms with Crippen LogP contribution in [0.15, 0.2) is 62.8 Å². The van der Waals surface area contributed by atoms with E-state index in [1.54, 1.807) is 29.2 Å². The van der Waals surface area contributed by atoms with Gasteiger partial charge in [0.2, 0.25) is 39.2 Å². The number of sulfonamides is 1. The Hall–Kier alpha value is -6.31. The molecule has 5 rings (SSSR count). The first kappa shape index (κ1) is 75.4. The van der Waals surface area contributed by atoms with Crippen LogP contribution in [0.2, 0.25) is 0 Å². The highest BCUT2D eigenvalue weighted by molar-refractivity contribution is 7.89. The summed E-state index contributed by atoms with van der Waals surface area (Å²) in [6.45, 7) is 9.52. The van der Waals surface area contributed by atoms with Gasteiger partial charge in [-0.15, -0.1) is 0 Å². The number of fused-ring (bicyclic) bond motifs is 1. The van der Waals surface area contributed by atoms with Gasteiger partial charge in [0.15, 0.2) is 16.5 Å². The van der Waals surface area contributed by atoms with Crippen LogP contribution in [0.5, 0.6) is 5.75 Å². The number of rotatable bonds is 47. The van der Waals surface area contributed by atoms with Crippen LogP contribution >= 0.6 is 0 Å². The minimum atomic E-state index is -5.66. The van der Waals surface area contributed by atoms with Crippen LogP contribution in [0, 0.1) is 29.2 Å². The van der Waals surface area contributed by atoms with E-state index in [9.17, 15) is 53.6 Å². The number of primary amides is 1. The summed E-state index contributed by atoms with van der Waals surface area (Å²) in [6, 6.07) is 11.5. The monoisotopic (exact) mass is 1340 g/mol. The van der Waals surface area contributed by atoms with Crippen molar-refractivity contribution in [2.24, 2.45) is 22.4 Å². The van der Waals surface area contributed by atoms with E-state index in [1.165, 1.54) is 4.31 Å². The van der Waals surface area contributed by atoms with Crippen molar-refractivity contribution in [2.45, 2.75) is 48.8 Å². The lowest BCUT2D eigenvalue weighted by Crippen LogP contribution is -2.53. The van der Waals surface area contributed by atoms with Crippen molar-refractivity contribution in [2.75, 3.05) is 171 Å². The van der Waals surface area contributed by atoms with Crippen molar-refractivity contribution >= 4 is 61.6 Å². The molecule has 27 nitrogen and oxygen atoms in total. The molecule has 0 saturated carbocycles. The number of nitrogens with two attached hydrogens (primary N) is 2. The molecular formula is C58H81F4N7O20S2. The number of ether oxygens (including phenoxy) is 11. The molecule has 0 atom stereocenters. The predicted octanol–water partition coefficient (Wildman–Crippen LogP) is 3.52. The van der Waals surface area contributed by atoms with Crippen molar-refractivity contribution < 1.29 is 110 Å². The molecule has 4 amide bonds. The Morgan fingerprint density at radius 3 is 1.62 bits per heavy atom. The quantitative estimate of drug-likeness (QED) is 0.0135. The highest BCUT2D eigenvalue weighted by Gasteiger charge is 2.37. The molecule has 2 heterocycles. The average molecular weight is 1340 g/mol. The molecule has 7 N–H and O–H groups in total. The second kappa shape index (κ2) is 40.6. The zero-order valence-corrected chi connectivity index (χ0v) is 52.3. The SMILES string of the molecule is CCCN(CCCNC(N)=O)C(=O)C1=Cc2ccc(-c3cccc(S(=O)(=O)N4CC(CNC(=O)CCOCCOCCOCCOCCOCCOCCOCCOCCOCCOCCC(=O)Oc5c(F)c(F)c(S(=O)(=O)O)c(F)c5F)C4)c3)cc2N=C(N)C1. The van der Waals surface area contributed by atoms with Crippen LogP contribution in [0.3, 0.4) is 0 Å². The molecule has 1 saturated heterocycles. The maximum atomic E-state index is 14.0. The molecule has 0 aromatic heterocycles. The first-order valence-electron chi connectivity index (χ1n) is 29.4. The van der Waals surface area contributed by atoms with Gasteiger partial charge in [0.1, 0.15) is 5.84 Å². The fraction of sp³-hybridized carbons (Fsp3) is 0.569. The van der Waals surface area contributed by atoms with E-state index in [2.05, 4.69) is 20.4 Å². The van der Waals surface area contributed by atoms with Crippen molar-refractivity contribution in [3.63, 3.8) is 0 Å². The van der Waals surface area contributed by atoms with Crippen LogP contribution in [0.4, 0.5) is 28.0 Å². The van der Waals surface area contributed by atoms with Gasteiger partial charge in [0.05, 0.1) is 149 Å². The van der Waals surface area contributed by atoms with Crippen molar-refractivity contribution in [3.8, 4) is 16.9 Å². The standard InChI is InChI=1S/C58H81F4N7O20S2/c1-2-12-68(13-4-11-65-58(64)73)57(72)45-34-44-8-7-43(36-47(44)67-48(63)37-45)42-5-3-6-46(35-42)90(74,75)69-39-41(40-69)38-66-49(70)9-14-79-16-18-81-20-22-83-24-26-85-28-30-87-32-33-88-31-29-86-27-25-84-23-21-82-19-17-80-15-10-50(71)89-55-51(59)53(61)56(91(76,77)78)54(62)52(55)60/h3,5-8,34-36,41H,2,4,9-33,37-40H2,1H3,(H2,63,67)(H,66,70)(H3,64,65,73)(H,76,77,78). The fourth-order valence-electron chi connectivity index (χ4n) is 8.63. The number of urea groups is 1. The fourth-order valence-corrected chi connectivity index (χ4v) is 10.9. The summed E-state index contributed by atoms with van der Waals surface area (Å²) < 4.78 is 174. The van der Waals surface area contributed by atoms with E-state index in [-0.39, 0.29) is 94.0 Å². The minimum Gasteiger partial charge on any atom is -0.420 e. The third-order valence-electron chi connectivity index (χ3n) is 13.2. The zero-order chi connectivity index (χ0) is 66.0. The molecule has 0 bridgehead atoms. The Kier molecular flexibility index (Phi) is 33.7. The largest absolute Gasteiger partial charge is 0.420 e. The number of nitrogens with one attached hydrogen (secondary N) is 2. The number of hydrogen-bond donors (Lipinski definition) is 5. The molecule has 508 valence electrons. The van der Waals surface area contributed by atoms with E-state index >= 15 is 0 Å². The Bertz CT molecular complexity index is 3080. The van der Waals surface area contributed by atoms with Gasteiger partial charge in [-0.3, -0.25) is 18.9 Å². The maximum Gasteiger partial charge on any atom is 0.313 e. The lowest BCUT2D eigenvalue weighted by Gasteiger charge is -2.38. The summed E-state index contributed by atoms with van der Waals surface area (Å²) in [4.78, 5) is 53.2. The van der Waals surface area contributed by atoms with Gasteiger partial charge in [0, 0.05) is 69.2 Å². The van der Waals surface area contributed by atoms with E-state index in [4.69, 9.17) is 63.4 Å². The van der Waals surface area contributed by atoms with Crippen LogP contribution in [0.25, 0.3) is 17.2 Å². The third-order valence-corrected chi connectivity index (χ3v) is 15.9. The molecule has 1 fully saturated rings. The second-order valence-corrected chi connectivity index (χ2v) is 23.5. The van der Waals surface area contributed by atoms with Crippen LogP contribution in [-0.4, -0.2) is 232 Å². The molecule has 0 unspecified atom stereocenters. The topological polar surface area (TPSA) is 353 Å². The zero-order valence-electron chi connectivity index (χ0n) is 50.6. The number of amidine groups is 1. The molecule has 0 radical (unpaired) electrons. The second-order valence-electron chi connectivity index (χ2n) is 20.2. The molecule has 0 spiro atoms. The van der Waals surface area contributed by atoms with Crippen molar-refractivity contribution in [3.05, 3.63) is 76.9 Å². The highest BCUT2D eigenvalue weighted by atomic mass is 32.2. The summed E-state index contributed by atoms with van der Waals surface area (Å²) >= 11 is 0. The summed E-state index contributed by atoms with van der Waals surface area (Å²) in [5.74, 6) is -12.9. The Balaban J connectivity index is 0.768. The molecule has 2 aliphatic heterocycles. The first-order valence-corrected chi connectivity index (χ1v) is 32.3. The van der Waals surface area contributed by atoms with E-state index < -0.39 is 72.5 Å².